The quantitative estimate of drug-likeness (QED) is 0.170. The van der Waals surface area contributed by atoms with Crippen molar-refractivity contribution in [3.8, 4) is 0 Å². The number of esters is 7. The van der Waals surface area contributed by atoms with E-state index < -0.39 is 119 Å². The van der Waals surface area contributed by atoms with E-state index in [1.807, 2.05) is 0 Å². The Morgan fingerprint density at radius 1 is 0.754 bits per heavy atom. The Hall–Kier alpha value is -6.26. The number of Topliss-reactive ketones (excluding diaryl/α,β-unsaturated/α-hetero) is 1. The molecule has 0 aromatic carbocycles. The Morgan fingerprint density at radius 3 is 1.82 bits per heavy atom. The van der Waals surface area contributed by atoms with E-state index in [0.29, 0.717) is 0 Å². The number of ketones is 1. The molecule has 8 unspecified atom stereocenters. The summed E-state index contributed by atoms with van der Waals surface area (Å²) < 4.78 is 41.9. The summed E-state index contributed by atoms with van der Waals surface area (Å²) in [4.78, 5) is 116. The fraction of sp³-hybridized carbons (Fsp3) is 0.500. The summed E-state index contributed by atoms with van der Waals surface area (Å²) in [7, 11) is 0. The van der Waals surface area contributed by atoms with Gasteiger partial charge in [0.05, 0.1) is 23.0 Å². The molecular weight excluding hydrogens is 796 g/mol. The fourth-order valence-electron chi connectivity index (χ4n) is 7.53. The number of allylic oxidation sites excluding steroid dienone is 1. The summed E-state index contributed by atoms with van der Waals surface area (Å²) in [5.74, 6) is -10.5. The van der Waals surface area contributed by atoms with Crippen molar-refractivity contribution in [2.24, 2.45) is 23.2 Å². The maximum Gasteiger partial charge on any atom is 0.340 e. The largest absolute Gasteiger partial charge is 0.461 e. The van der Waals surface area contributed by atoms with Crippen molar-refractivity contribution in [3.63, 3.8) is 0 Å². The second-order valence-electron chi connectivity index (χ2n) is 16.2. The minimum Gasteiger partial charge on any atom is -0.461 e. The first-order chi connectivity index (χ1) is 28.5. The smallest absolute Gasteiger partial charge is 0.340 e. The number of aromatic nitrogens is 2. The zero-order valence-corrected chi connectivity index (χ0v) is 35.8. The molecule has 0 bridgehead atoms. The Labute approximate surface area is 353 Å². The number of fused-ring (bicyclic) bond motifs is 1. The van der Waals surface area contributed by atoms with Crippen molar-refractivity contribution in [2.75, 3.05) is 6.61 Å². The van der Waals surface area contributed by atoms with Crippen LogP contribution in [0, 0.1) is 23.2 Å². The van der Waals surface area contributed by atoms with Crippen LogP contribution in [-0.4, -0.2) is 99.8 Å². The third-order valence-corrected chi connectivity index (χ3v) is 10.2. The lowest BCUT2D eigenvalue weighted by Crippen LogP contribution is -2.54. The zero-order valence-electron chi connectivity index (χ0n) is 35.8. The van der Waals surface area contributed by atoms with Gasteiger partial charge in [0.2, 0.25) is 0 Å². The molecule has 0 spiro atoms. The molecule has 0 radical (unpaired) electrons. The van der Waals surface area contributed by atoms with Gasteiger partial charge in [0.15, 0.2) is 41.4 Å². The standard InChI is InChI=1S/C44H52N2O15/c1-24(2)39(52)57-34-32(22-55-26(4)47)19-33-37(56-27(5)48)43(10,60-28(6)49)23-44(33,61-29(7)50)36(51)25(3)15-16-42(8,9)38(59-41(54)31-14-12-18-46-21-31)35(34)58-40(53)30-13-11-17-45-20-30/h11-21,24-25,33-35,37-38H,22-23H2,1-10H3. The average Bonchev–Trinajstić information content (AvgIpc) is 3.39. The van der Waals surface area contributed by atoms with Crippen molar-refractivity contribution < 1.29 is 71.5 Å². The molecular formula is C44H52N2O15. The van der Waals surface area contributed by atoms with Gasteiger partial charge in [-0.15, -0.1) is 0 Å². The molecule has 4 rings (SSSR count). The SMILES string of the molecule is CC(=O)OCC1=CC2C(OC(C)=O)C(C)(OC(C)=O)CC2(OC(C)=O)C(=O)C(C)C=CC(C)(C)C(OC(=O)c2cccnc2)C(OC(=O)c2cccnc2)C1OC(=O)C(C)C. The van der Waals surface area contributed by atoms with Crippen LogP contribution in [-0.2, 0) is 61.9 Å². The first-order valence-corrected chi connectivity index (χ1v) is 19.6. The molecule has 0 saturated heterocycles. The molecule has 328 valence electrons. The summed E-state index contributed by atoms with van der Waals surface area (Å²) >= 11 is 0. The average molecular weight is 849 g/mol. The lowest BCUT2D eigenvalue weighted by atomic mass is 9.75. The molecule has 2 aliphatic carbocycles. The van der Waals surface area contributed by atoms with E-state index in [1.165, 1.54) is 95.0 Å². The Bertz CT molecular complexity index is 2060. The molecule has 2 aromatic heterocycles. The van der Waals surface area contributed by atoms with Crippen LogP contribution in [0.1, 0.15) is 96.4 Å². The van der Waals surface area contributed by atoms with Crippen LogP contribution >= 0.6 is 0 Å². The highest BCUT2D eigenvalue weighted by Crippen LogP contribution is 2.52. The summed E-state index contributed by atoms with van der Waals surface area (Å²) in [6, 6.07) is 5.84. The topological polar surface area (TPSA) is 227 Å². The van der Waals surface area contributed by atoms with E-state index in [0.717, 1.165) is 27.7 Å². The maximum absolute atomic E-state index is 15.1. The van der Waals surface area contributed by atoms with E-state index >= 15 is 4.79 Å². The lowest BCUT2D eigenvalue weighted by molar-refractivity contribution is -0.178. The minimum absolute atomic E-state index is 0.00628. The van der Waals surface area contributed by atoms with Crippen LogP contribution in [0.4, 0.5) is 0 Å². The number of pyridine rings is 2. The van der Waals surface area contributed by atoms with Crippen LogP contribution in [0.5, 0.6) is 0 Å². The number of ether oxygens (including phenoxy) is 7. The van der Waals surface area contributed by atoms with Crippen LogP contribution in [0.3, 0.4) is 0 Å². The van der Waals surface area contributed by atoms with Gasteiger partial charge in [-0.2, -0.15) is 0 Å². The van der Waals surface area contributed by atoms with Crippen LogP contribution in [0.25, 0.3) is 0 Å². The van der Waals surface area contributed by atoms with E-state index in [1.54, 1.807) is 13.8 Å². The second kappa shape index (κ2) is 19.4. The second-order valence-corrected chi connectivity index (χ2v) is 16.2. The summed E-state index contributed by atoms with van der Waals surface area (Å²) in [6.45, 7) is 12.8. The predicted molar refractivity (Wildman–Crippen MR) is 212 cm³/mol. The summed E-state index contributed by atoms with van der Waals surface area (Å²) in [5.41, 5.74) is -5.77. The van der Waals surface area contributed by atoms with Crippen LogP contribution in [0.2, 0.25) is 0 Å². The van der Waals surface area contributed by atoms with Gasteiger partial charge < -0.3 is 33.2 Å². The fourth-order valence-corrected chi connectivity index (χ4v) is 7.53. The molecule has 0 amide bonds. The third-order valence-electron chi connectivity index (χ3n) is 10.2. The molecule has 2 heterocycles. The van der Waals surface area contributed by atoms with Crippen molar-refractivity contribution >= 4 is 47.6 Å². The molecule has 17 nitrogen and oxygen atoms in total. The highest BCUT2D eigenvalue weighted by molar-refractivity contribution is 5.94. The molecule has 0 N–H and O–H groups in total. The Balaban J connectivity index is 2.21. The highest BCUT2D eigenvalue weighted by atomic mass is 16.6. The van der Waals surface area contributed by atoms with Crippen molar-refractivity contribution in [1.82, 2.24) is 9.97 Å². The van der Waals surface area contributed by atoms with E-state index in [9.17, 15) is 33.6 Å². The zero-order chi connectivity index (χ0) is 45.4. The molecule has 1 fully saturated rings. The van der Waals surface area contributed by atoms with Gasteiger partial charge in [0, 0.05) is 75.8 Å². The molecule has 2 aliphatic rings. The first-order valence-electron chi connectivity index (χ1n) is 19.6. The number of hydrogen-bond acceptors (Lipinski definition) is 17. The molecule has 1 saturated carbocycles. The monoisotopic (exact) mass is 848 g/mol. The number of rotatable bonds is 11. The summed E-state index contributed by atoms with van der Waals surface area (Å²) in [5, 5.41) is 0. The third kappa shape index (κ3) is 11.3. The molecule has 2 aromatic rings. The first kappa shape index (κ1) is 47.4. The van der Waals surface area contributed by atoms with Crippen molar-refractivity contribution in [3.05, 3.63) is 84.0 Å². The predicted octanol–water partition coefficient (Wildman–Crippen LogP) is 4.66. The molecule has 8 atom stereocenters. The molecule has 0 aliphatic heterocycles. The minimum atomic E-state index is -2.27. The number of carbonyl (C=O) groups is 8. The van der Waals surface area contributed by atoms with Crippen LogP contribution < -0.4 is 0 Å². The molecule has 17 heteroatoms. The number of carbonyl (C=O) groups excluding carboxylic acids is 8. The van der Waals surface area contributed by atoms with Gasteiger partial charge in [0.1, 0.15) is 6.61 Å². The Kier molecular flexibility index (Phi) is 15.1. The van der Waals surface area contributed by atoms with Gasteiger partial charge >= 0.3 is 41.8 Å². The van der Waals surface area contributed by atoms with Crippen molar-refractivity contribution in [2.45, 2.75) is 111 Å². The lowest BCUT2D eigenvalue weighted by Gasteiger charge is -2.41. The van der Waals surface area contributed by atoms with Gasteiger partial charge in [-0.3, -0.25) is 38.7 Å². The number of nitrogens with zero attached hydrogens (tertiary/aromatic N) is 2. The van der Waals surface area contributed by atoms with Gasteiger partial charge in [-0.1, -0.05) is 52.8 Å². The van der Waals surface area contributed by atoms with Gasteiger partial charge in [0.25, 0.3) is 0 Å². The van der Waals surface area contributed by atoms with E-state index in [2.05, 4.69) is 9.97 Å². The van der Waals surface area contributed by atoms with Gasteiger partial charge in [-0.05, 0) is 31.2 Å². The van der Waals surface area contributed by atoms with E-state index in [-0.39, 0.29) is 16.7 Å². The summed E-state index contributed by atoms with van der Waals surface area (Å²) in [6.07, 6.45) is 2.27. The van der Waals surface area contributed by atoms with Crippen molar-refractivity contribution in [1.29, 1.82) is 0 Å². The highest BCUT2D eigenvalue weighted by Gasteiger charge is 2.68. The Morgan fingerprint density at radius 2 is 1.33 bits per heavy atom. The van der Waals surface area contributed by atoms with Crippen LogP contribution in [0.15, 0.2) is 72.9 Å². The van der Waals surface area contributed by atoms with Gasteiger partial charge in [-0.25, -0.2) is 9.59 Å². The normalized spacial score (nSPS) is 27.1. The van der Waals surface area contributed by atoms with E-state index in [4.69, 9.17) is 33.2 Å². The maximum atomic E-state index is 15.1. The molecule has 61 heavy (non-hydrogen) atoms. The number of hydrogen-bond donors (Lipinski definition) is 0.